The number of fused-ring (bicyclic) bond motifs is 2. The lowest BCUT2D eigenvalue weighted by Gasteiger charge is -2.34. The summed E-state index contributed by atoms with van der Waals surface area (Å²) in [5, 5.41) is 0. The molecule has 0 saturated carbocycles. The molecule has 0 radical (unpaired) electrons. The molecule has 2 heterocycles. The van der Waals surface area contributed by atoms with Gasteiger partial charge in [0.15, 0.2) is 0 Å². The topological polar surface area (TPSA) is 0 Å². The van der Waals surface area contributed by atoms with Crippen LogP contribution in [0.3, 0.4) is 0 Å². The Bertz CT molecular complexity index is 83.1. The molecule has 2 heteroatoms. The summed E-state index contributed by atoms with van der Waals surface area (Å²) in [6, 6.07) is 0. The molecule has 0 aromatic carbocycles. The van der Waals surface area contributed by atoms with Crippen LogP contribution < -0.4 is 0 Å². The highest BCUT2D eigenvalue weighted by Gasteiger charge is 2.24. The van der Waals surface area contributed by atoms with E-state index in [1.165, 1.54) is 14.2 Å². The van der Waals surface area contributed by atoms with Gasteiger partial charge in [-0.25, -0.2) is 0 Å². The Balaban J connectivity index is 1.96. The quantitative estimate of drug-likeness (QED) is 0.478. The Hall–Kier alpha value is 0.860. The predicted octanol–water partition coefficient (Wildman–Crippen LogP) is 2.88. The van der Waals surface area contributed by atoms with Crippen LogP contribution in [-0.2, 0) is 0 Å². The van der Waals surface area contributed by atoms with Crippen LogP contribution in [0.5, 0.6) is 0 Å². The van der Waals surface area contributed by atoms with Crippen molar-refractivity contribution in [2.24, 2.45) is 5.92 Å². The maximum Gasteiger partial charge on any atom is -0.0261 e. The first-order valence-corrected chi connectivity index (χ1v) is 7.70. The van der Waals surface area contributed by atoms with E-state index in [4.69, 9.17) is 0 Å². The monoisotopic (exact) mass is 160 g/mol. The minimum Gasteiger partial charge on any atom is -0.0960 e. The van der Waals surface area contributed by atoms with Crippen molar-refractivity contribution in [2.45, 2.75) is 19.3 Å². The highest BCUT2D eigenvalue weighted by Crippen LogP contribution is 2.63. The number of hydrogen-bond acceptors (Lipinski definition) is 0. The fourth-order valence-corrected chi connectivity index (χ4v) is 8.19. The van der Waals surface area contributed by atoms with Gasteiger partial charge < -0.3 is 0 Å². The van der Waals surface area contributed by atoms with Gasteiger partial charge in [-0.1, -0.05) is 15.9 Å². The molecular formula is C7H14P2. The van der Waals surface area contributed by atoms with Gasteiger partial charge in [-0.2, -0.15) is 0 Å². The highest BCUT2D eigenvalue weighted by atomic mass is 32.0. The van der Waals surface area contributed by atoms with E-state index in [-0.39, 0.29) is 0 Å². The molecule has 0 aromatic rings. The molecule has 9 heavy (non-hydrogen) atoms. The third kappa shape index (κ3) is 1.47. The molecule has 0 N–H and O–H groups in total. The minimum absolute atomic E-state index is 0.606. The molecule has 2 fully saturated rings. The summed E-state index contributed by atoms with van der Waals surface area (Å²) in [6.45, 7) is 0. The van der Waals surface area contributed by atoms with E-state index in [0.717, 1.165) is 0 Å². The van der Waals surface area contributed by atoms with E-state index in [1.807, 2.05) is 0 Å². The first-order valence-electron chi connectivity index (χ1n) is 3.93. The first kappa shape index (κ1) is 6.56. The summed E-state index contributed by atoms with van der Waals surface area (Å²) < 4.78 is 0. The van der Waals surface area contributed by atoms with Crippen LogP contribution in [0.25, 0.3) is 0 Å². The van der Waals surface area contributed by atoms with E-state index in [9.17, 15) is 0 Å². The zero-order valence-corrected chi connectivity index (χ0v) is 7.66. The molecule has 0 amide bonds. The van der Waals surface area contributed by atoms with Crippen LogP contribution in [0.4, 0.5) is 0 Å². The summed E-state index contributed by atoms with van der Waals surface area (Å²) in [5.74, 6) is 1.19. The van der Waals surface area contributed by atoms with Crippen LogP contribution in [0, 0.1) is 5.92 Å². The van der Waals surface area contributed by atoms with Crippen molar-refractivity contribution in [3.05, 3.63) is 0 Å². The van der Waals surface area contributed by atoms with Gasteiger partial charge in [-0.05, 0) is 43.7 Å². The Morgan fingerprint density at radius 2 is 2.33 bits per heavy atom. The molecular weight excluding hydrogens is 146 g/mol. The van der Waals surface area contributed by atoms with Crippen LogP contribution in [0.15, 0.2) is 0 Å². The van der Waals surface area contributed by atoms with E-state index in [2.05, 4.69) is 0 Å². The van der Waals surface area contributed by atoms with E-state index < -0.39 is 0 Å². The highest BCUT2D eigenvalue weighted by molar-refractivity contribution is 8.21. The second-order valence-electron chi connectivity index (χ2n) is 3.15. The van der Waals surface area contributed by atoms with E-state index >= 15 is 0 Å². The lowest BCUT2D eigenvalue weighted by molar-refractivity contribution is 0.503. The molecule has 2 bridgehead atoms. The molecule has 3 unspecified atom stereocenters. The Morgan fingerprint density at radius 3 is 3.11 bits per heavy atom. The number of hydrogen-bond donors (Lipinski definition) is 0. The molecule has 2 aliphatic heterocycles. The average molecular weight is 160 g/mol. The molecule has 0 nitrogen and oxygen atoms in total. The molecule has 0 aliphatic carbocycles. The Kier molecular flexibility index (Phi) is 2.08. The van der Waals surface area contributed by atoms with Crippen molar-refractivity contribution in [3.8, 4) is 0 Å². The van der Waals surface area contributed by atoms with Gasteiger partial charge in [0.2, 0.25) is 0 Å². The average Bonchev–Trinajstić information content (AvgIpc) is 1.88. The third-order valence-corrected chi connectivity index (χ3v) is 8.41. The van der Waals surface area contributed by atoms with Crippen molar-refractivity contribution in [3.63, 3.8) is 0 Å². The van der Waals surface area contributed by atoms with Crippen LogP contribution in [0.1, 0.15) is 19.3 Å². The van der Waals surface area contributed by atoms with Gasteiger partial charge in [-0.3, -0.25) is 0 Å². The van der Waals surface area contributed by atoms with Crippen LogP contribution in [-0.4, -0.2) is 18.5 Å². The van der Waals surface area contributed by atoms with Crippen LogP contribution >= 0.6 is 15.9 Å². The normalized spacial score (nSPS) is 45.3. The third-order valence-electron chi connectivity index (χ3n) is 2.41. The summed E-state index contributed by atoms with van der Waals surface area (Å²) in [7, 11) is 2.00. The summed E-state index contributed by atoms with van der Waals surface area (Å²) in [6.07, 6.45) is 9.61. The Morgan fingerprint density at radius 1 is 1.33 bits per heavy atom. The van der Waals surface area contributed by atoms with Crippen LogP contribution in [0.2, 0.25) is 0 Å². The first-order chi connectivity index (χ1) is 4.45. The SMILES string of the molecule is C1CC2CCPP(C1)C2. The molecule has 52 valence electrons. The van der Waals surface area contributed by atoms with Gasteiger partial charge in [0.05, 0.1) is 0 Å². The second kappa shape index (κ2) is 2.85. The molecule has 2 rings (SSSR count). The summed E-state index contributed by atoms with van der Waals surface area (Å²) in [4.78, 5) is 0. The van der Waals surface area contributed by atoms with E-state index in [0.29, 0.717) is 7.61 Å². The van der Waals surface area contributed by atoms with Crippen molar-refractivity contribution in [1.82, 2.24) is 0 Å². The maximum absolute atomic E-state index is 1.66. The summed E-state index contributed by atoms with van der Waals surface area (Å²) in [5.41, 5.74) is 0. The standard InChI is InChI=1S/C7H14P2/c1-2-7-3-4-8-9(5-1)6-7/h7-8H,1-6H2. The fraction of sp³-hybridized carbons (Fsp3) is 1.00. The fourth-order valence-electron chi connectivity index (χ4n) is 1.87. The zero-order valence-electron chi connectivity index (χ0n) is 5.77. The van der Waals surface area contributed by atoms with Gasteiger partial charge in [0.1, 0.15) is 0 Å². The lowest BCUT2D eigenvalue weighted by Crippen LogP contribution is -2.15. The molecule has 0 aromatic heterocycles. The van der Waals surface area contributed by atoms with Gasteiger partial charge in [-0.15, -0.1) is 0 Å². The smallest absolute Gasteiger partial charge is 0.0261 e. The van der Waals surface area contributed by atoms with Crippen molar-refractivity contribution in [2.75, 3.05) is 18.5 Å². The largest absolute Gasteiger partial charge is 0.0960 e. The van der Waals surface area contributed by atoms with Gasteiger partial charge in [0, 0.05) is 0 Å². The van der Waals surface area contributed by atoms with E-state index in [1.54, 1.807) is 37.7 Å². The zero-order chi connectivity index (χ0) is 6.10. The molecule has 3 atom stereocenters. The molecule has 0 spiro atoms. The second-order valence-corrected chi connectivity index (χ2v) is 8.71. The number of rotatable bonds is 0. The van der Waals surface area contributed by atoms with Crippen molar-refractivity contribution in [1.29, 1.82) is 0 Å². The molecule has 2 aliphatic rings. The maximum atomic E-state index is 1.66. The lowest BCUT2D eigenvalue weighted by atomic mass is 10.0. The van der Waals surface area contributed by atoms with Crippen molar-refractivity contribution < 1.29 is 0 Å². The predicted molar refractivity (Wildman–Crippen MR) is 47.2 cm³/mol. The van der Waals surface area contributed by atoms with Gasteiger partial charge in [0.25, 0.3) is 0 Å². The van der Waals surface area contributed by atoms with Gasteiger partial charge >= 0.3 is 0 Å². The summed E-state index contributed by atoms with van der Waals surface area (Å²) >= 11 is 0. The van der Waals surface area contributed by atoms with Crippen molar-refractivity contribution >= 4 is 15.9 Å². The molecule has 2 saturated heterocycles. The minimum atomic E-state index is 0.606. The Labute approximate surface area is 60.2 Å².